The van der Waals surface area contributed by atoms with Crippen molar-refractivity contribution in [2.24, 2.45) is 0 Å². The van der Waals surface area contributed by atoms with Gasteiger partial charge in [-0.2, -0.15) is 0 Å². The highest BCUT2D eigenvalue weighted by Gasteiger charge is 2.25. The first-order valence-corrected chi connectivity index (χ1v) is 12.7. The number of carbonyl (C=O) groups excluding carboxylic acids is 1. The Hall–Kier alpha value is -3.23. The number of halogens is 2. The van der Waals surface area contributed by atoms with Crippen LogP contribution in [0.15, 0.2) is 48.4 Å². The maximum Gasteiger partial charge on any atom is 0.165 e. The van der Waals surface area contributed by atoms with E-state index >= 15 is 0 Å². The van der Waals surface area contributed by atoms with Crippen molar-refractivity contribution in [3.63, 3.8) is 0 Å². The summed E-state index contributed by atoms with van der Waals surface area (Å²) >= 11 is 5.96. The number of hydrogen-bond acceptors (Lipinski definition) is 7. The minimum atomic E-state index is -0.490. The molecule has 0 radical (unpaired) electrons. The zero-order valence-electron chi connectivity index (χ0n) is 20.1. The molecule has 3 aromatic rings. The summed E-state index contributed by atoms with van der Waals surface area (Å²) in [5.41, 5.74) is 2.41. The molecule has 0 bridgehead atoms. The summed E-state index contributed by atoms with van der Waals surface area (Å²) in [5.74, 6) is 0.686. The number of nitrogens with zero attached hydrogens (tertiary/aromatic N) is 3. The SMILES string of the molecule is CN(CC=C(C=O)Nc1cc2c(Nc3ccc(F)c(Cl)c3)ncnc2cc1OC1CCCC1)C1CC1. The Bertz CT molecular complexity index is 1290. The molecule has 2 saturated carbocycles. The monoisotopic (exact) mass is 509 g/mol. The van der Waals surface area contributed by atoms with Gasteiger partial charge in [0.15, 0.2) is 6.29 Å². The second kappa shape index (κ2) is 10.8. The molecule has 5 rings (SSSR count). The van der Waals surface area contributed by atoms with E-state index in [2.05, 4.69) is 32.5 Å². The Morgan fingerprint density at radius 3 is 2.72 bits per heavy atom. The van der Waals surface area contributed by atoms with Crippen molar-refractivity contribution in [3.8, 4) is 5.75 Å². The first-order chi connectivity index (χ1) is 17.5. The van der Waals surface area contributed by atoms with Crippen LogP contribution >= 0.6 is 11.6 Å². The number of rotatable bonds is 10. The second-order valence-electron chi connectivity index (χ2n) is 9.44. The van der Waals surface area contributed by atoms with Gasteiger partial charge in [-0.05, 0) is 75.9 Å². The van der Waals surface area contributed by atoms with Crippen LogP contribution in [0.2, 0.25) is 5.02 Å². The summed E-state index contributed by atoms with van der Waals surface area (Å²) in [6, 6.07) is 8.75. The number of aromatic nitrogens is 2. The summed E-state index contributed by atoms with van der Waals surface area (Å²) in [6.45, 7) is 0.680. The van der Waals surface area contributed by atoms with E-state index in [1.165, 1.54) is 31.3 Å². The molecule has 2 aliphatic rings. The quantitative estimate of drug-likeness (QED) is 0.253. The molecule has 0 saturated heterocycles. The highest BCUT2D eigenvalue weighted by molar-refractivity contribution is 6.31. The number of aldehydes is 1. The van der Waals surface area contributed by atoms with E-state index in [0.717, 1.165) is 37.4 Å². The van der Waals surface area contributed by atoms with Crippen molar-refractivity contribution in [3.05, 3.63) is 59.3 Å². The van der Waals surface area contributed by atoms with Crippen LogP contribution in [0.1, 0.15) is 38.5 Å². The number of fused-ring (bicyclic) bond motifs is 1. The maximum absolute atomic E-state index is 13.6. The van der Waals surface area contributed by atoms with Crippen LogP contribution in [0.3, 0.4) is 0 Å². The second-order valence-corrected chi connectivity index (χ2v) is 9.85. The molecule has 0 unspecified atom stereocenters. The summed E-state index contributed by atoms with van der Waals surface area (Å²) < 4.78 is 20.0. The molecule has 1 heterocycles. The summed E-state index contributed by atoms with van der Waals surface area (Å²) in [6.07, 6.45) is 11.0. The van der Waals surface area contributed by atoms with Gasteiger partial charge in [-0.15, -0.1) is 0 Å². The Labute approximate surface area is 214 Å². The molecule has 9 heteroatoms. The third kappa shape index (κ3) is 5.77. The first-order valence-electron chi connectivity index (χ1n) is 12.3. The van der Waals surface area contributed by atoms with Crippen LogP contribution in [0.4, 0.5) is 21.6 Å². The van der Waals surface area contributed by atoms with E-state index in [0.29, 0.717) is 46.7 Å². The fourth-order valence-electron chi connectivity index (χ4n) is 4.47. The molecule has 2 aliphatic carbocycles. The lowest BCUT2D eigenvalue weighted by molar-refractivity contribution is -0.104. The zero-order chi connectivity index (χ0) is 25.1. The third-order valence-corrected chi connectivity index (χ3v) is 6.98. The van der Waals surface area contributed by atoms with Crippen LogP contribution in [-0.4, -0.2) is 46.9 Å². The predicted molar refractivity (Wildman–Crippen MR) is 141 cm³/mol. The predicted octanol–water partition coefficient (Wildman–Crippen LogP) is 6.08. The van der Waals surface area contributed by atoms with Gasteiger partial charge in [0.25, 0.3) is 0 Å². The van der Waals surface area contributed by atoms with Crippen molar-refractivity contribution < 1.29 is 13.9 Å². The Kier molecular flexibility index (Phi) is 7.34. The van der Waals surface area contributed by atoms with Gasteiger partial charge in [0.2, 0.25) is 0 Å². The summed E-state index contributed by atoms with van der Waals surface area (Å²) in [5, 5.41) is 7.21. The molecular formula is C27H29ClFN5O2. The third-order valence-electron chi connectivity index (χ3n) is 6.69. The molecule has 0 spiro atoms. The standard InChI is InChI=1S/C27H29ClFN5O2/c1-34(19-7-8-19)11-10-18(15-35)32-25-13-21-24(14-26(25)36-20-4-2-3-5-20)30-16-31-27(21)33-17-6-9-23(29)22(28)12-17/h6,9-10,12-16,19-20,32H,2-5,7-8,11H2,1H3,(H,30,31,33). The minimum Gasteiger partial charge on any atom is -0.488 e. The van der Waals surface area contributed by atoms with Crippen LogP contribution in [0.25, 0.3) is 10.9 Å². The minimum absolute atomic E-state index is 0.0184. The van der Waals surface area contributed by atoms with Crippen LogP contribution < -0.4 is 15.4 Å². The average Bonchev–Trinajstić information content (AvgIpc) is 3.61. The van der Waals surface area contributed by atoms with E-state index in [4.69, 9.17) is 16.3 Å². The maximum atomic E-state index is 13.6. The summed E-state index contributed by atoms with van der Waals surface area (Å²) in [7, 11) is 2.07. The smallest absolute Gasteiger partial charge is 0.165 e. The van der Waals surface area contributed by atoms with Gasteiger partial charge < -0.3 is 15.4 Å². The van der Waals surface area contributed by atoms with Gasteiger partial charge in [0, 0.05) is 29.7 Å². The molecule has 2 aromatic carbocycles. The van der Waals surface area contributed by atoms with Crippen LogP contribution in [0, 0.1) is 5.82 Å². The molecular weight excluding hydrogens is 481 g/mol. The van der Waals surface area contributed by atoms with Crippen molar-refractivity contribution >= 4 is 46.0 Å². The average molecular weight is 510 g/mol. The fourth-order valence-corrected chi connectivity index (χ4v) is 4.65. The largest absolute Gasteiger partial charge is 0.488 e. The lowest BCUT2D eigenvalue weighted by Crippen LogP contribution is -2.21. The van der Waals surface area contributed by atoms with Crippen molar-refractivity contribution in [1.82, 2.24) is 14.9 Å². The molecule has 2 N–H and O–H groups in total. The summed E-state index contributed by atoms with van der Waals surface area (Å²) in [4.78, 5) is 23.0. The number of nitrogens with one attached hydrogen (secondary N) is 2. The van der Waals surface area contributed by atoms with E-state index in [1.807, 2.05) is 18.2 Å². The van der Waals surface area contributed by atoms with Crippen molar-refractivity contribution in [1.29, 1.82) is 0 Å². The van der Waals surface area contributed by atoms with Gasteiger partial charge in [0.1, 0.15) is 23.7 Å². The van der Waals surface area contributed by atoms with E-state index in [-0.39, 0.29) is 11.1 Å². The van der Waals surface area contributed by atoms with Gasteiger partial charge in [-0.3, -0.25) is 9.69 Å². The molecule has 1 aromatic heterocycles. The number of likely N-dealkylation sites (N-methyl/N-ethyl adjacent to an activating group) is 1. The normalized spacial score (nSPS) is 16.5. The Morgan fingerprint density at radius 2 is 2.00 bits per heavy atom. The molecule has 36 heavy (non-hydrogen) atoms. The molecule has 188 valence electrons. The number of allylic oxidation sites excluding steroid dienone is 1. The van der Waals surface area contributed by atoms with Crippen molar-refractivity contribution in [2.45, 2.75) is 50.7 Å². The fraction of sp³-hybridized carbons (Fsp3) is 0.370. The Morgan fingerprint density at radius 1 is 1.19 bits per heavy atom. The molecule has 2 fully saturated rings. The van der Waals surface area contributed by atoms with E-state index in [1.54, 1.807) is 6.07 Å². The highest BCUT2D eigenvalue weighted by Crippen LogP contribution is 2.36. The number of anilines is 3. The van der Waals surface area contributed by atoms with Gasteiger partial charge >= 0.3 is 0 Å². The Balaban J connectivity index is 1.49. The molecule has 7 nitrogen and oxygen atoms in total. The zero-order valence-corrected chi connectivity index (χ0v) is 20.9. The number of carbonyl (C=O) groups is 1. The number of benzene rings is 2. The van der Waals surface area contributed by atoms with Gasteiger partial charge in [-0.25, -0.2) is 14.4 Å². The van der Waals surface area contributed by atoms with E-state index < -0.39 is 5.82 Å². The highest BCUT2D eigenvalue weighted by atomic mass is 35.5. The van der Waals surface area contributed by atoms with Crippen LogP contribution in [0.5, 0.6) is 5.75 Å². The van der Waals surface area contributed by atoms with Crippen LogP contribution in [-0.2, 0) is 4.79 Å². The topological polar surface area (TPSA) is 79.4 Å². The van der Waals surface area contributed by atoms with Gasteiger partial charge in [-0.1, -0.05) is 11.6 Å². The number of hydrogen-bond donors (Lipinski definition) is 2. The molecule has 0 amide bonds. The molecule has 0 aliphatic heterocycles. The first kappa shape index (κ1) is 24.5. The van der Waals surface area contributed by atoms with E-state index in [9.17, 15) is 9.18 Å². The lowest BCUT2D eigenvalue weighted by atomic mass is 10.1. The number of ether oxygens (including phenoxy) is 1. The van der Waals surface area contributed by atoms with Crippen molar-refractivity contribution in [2.75, 3.05) is 24.2 Å². The molecule has 0 atom stereocenters. The lowest BCUT2D eigenvalue weighted by Gasteiger charge is -2.19. The van der Waals surface area contributed by atoms with Gasteiger partial charge in [0.05, 0.1) is 28.0 Å².